The zero-order valence-electron chi connectivity index (χ0n) is 15.6. The maximum atomic E-state index is 12.3. The molecule has 2 atom stereocenters. The molecule has 0 spiro atoms. The molecule has 2 unspecified atom stereocenters. The van der Waals surface area contributed by atoms with Crippen molar-refractivity contribution < 1.29 is 19.1 Å². The fourth-order valence-electron chi connectivity index (χ4n) is 2.70. The van der Waals surface area contributed by atoms with E-state index in [1.807, 2.05) is 27.7 Å². The second-order valence-corrected chi connectivity index (χ2v) is 7.18. The number of methoxy groups -OCH3 is 1. The van der Waals surface area contributed by atoms with Gasteiger partial charge in [-0.1, -0.05) is 6.92 Å². The summed E-state index contributed by atoms with van der Waals surface area (Å²) in [4.78, 5) is 33.2. The van der Waals surface area contributed by atoms with Crippen LogP contribution in [0.25, 0.3) is 0 Å². The van der Waals surface area contributed by atoms with Gasteiger partial charge in [-0.15, -0.1) is 0 Å². The molecule has 0 aromatic carbocycles. The first kappa shape index (κ1) is 19.2. The smallest absolute Gasteiger partial charge is 0.410 e. The molecule has 0 saturated carbocycles. The third-order valence-electron chi connectivity index (χ3n) is 4.05. The van der Waals surface area contributed by atoms with Crippen LogP contribution >= 0.6 is 0 Å². The molecular formula is C17H28N4O4. The van der Waals surface area contributed by atoms with E-state index in [0.717, 1.165) is 12.1 Å². The largest absolute Gasteiger partial charge is 0.444 e. The lowest BCUT2D eigenvalue weighted by Crippen LogP contribution is -2.56. The Morgan fingerprint density at radius 2 is 2.16 bits per heavy atom. The van der Waals surface area contributed by atoms with Gasteiger partial charge in [-0.3, -0.25) is 4.79 Å². The van der Waals surface area contributed by atoms with E-state index >= 15 is 0 Å². The number of amides is 2. The number of piperidine rings is 1. The van der Waals surface area contributed by atoms with Gasteiger partial charge in [-0.2, -0.15) is 0 Å². The van der Waals surface area contributed by atoms with E-state index in [1.165, 1.54) is 0 Å². The number of ether oxygens (including phenoxy) is 2. The highest BCUT2D eigenvalue weighted by molar-refractivity contribution is 5.90. The van der Waals surface area contributed by atoms with Gasteiger partial charge in [-0.05, 0) is 33.6 Å². The molecule has 1 saturated heterocycles. The van der Waals surface area contributed by atoms with Gasteiger partial charge in [0.15, 0.2) is 5.82 Å². The average molecular weight is 352 g/mol. The number of aromatic amines is 1. The molecule has 1 aromatic heterocycles. The molecule has 0 aliphatic carbocycles. The third-order valence-corrected chi connectivity index (χ3v) is 4.05. The van der Waals surface area contributed by atoms with Crippen LogP contribution in [-0.2, 0) is 15.9 Å². The maximum Gasteiger partial charge on any atom is 0.410 e. The normalized spacial score (nSPS) is 21.1. The number of hydrogen-bond acceptors (Lipinski definition) is 5. The fraction of sp³-hybridized carbons (Fsp3) is 0.706. The number of likely N-dealkylation sites (tertiary alicyclic amines) is 1. The molecule has 2 heterocycles. The molecule has 2 rings (SSSR count). The van der Waals surface area contributed by atoms with E-state index in [9.17, 15) is 9.59 Å². The number of rotatable bonds is 4. The molecule has 8 nitrogen and oxygen atoms in total. The summed E-state index contributed by atoms with van der Waals surface area (Å²) in [7, 11) is 1.57. The highest BCUT2D eigenvalue weighted by Gasteiger charge is 2.34. The van der Waals surface area contributed by atoms with Crippen molar-refractivity contribution >= 4 is 12.0 Å². The number of nitrogens with one attached hydrogen (secondary N) is 2. The first-order valence-corrected chi connectivity index (χ1v) is 8.59. The van der Waals surface area contributed by atoms with Crippen molar-refractivity contribution in [2.75, 3.05) is 20.2 Å². The predicted octanol–water partition coefficient (Wildman–Crippen LogP) is 1.73. The minimum atomic E-state index is -0.541. The van der Waals surface area contributed by atoms with E-state index in [2.05, 4.69) is 15.3 Å². The summed E-state index contributed by atoms with van der Waals surface area (Å²) < 4.78 is 10.9. The van der Waals surface area contributed by atoms with Crippen molar-refractivity contribution in [3.63, 3.8) is 0 Å². The van der Waals surface area contributed by atoms with Crippen LogP contribution in [0.15, 0.2) is 6.20 Å². The SMILES string of the molecule is CCc1cnc(C(=O)NC2CCN(C(=O)OC(C)(C)C)CC2OC)[nH]1. The van der Waals surface area contributed by atoms with Gasteiger partial charge in [-0.25, -0.2) is 9.78 Å². The number of carbonyl (C=O) groups is 2. The van der Waals surface area contributed by atoms with E-state index in [1.54, 1.807) is 18.2 Å². The van der Waals surface area contributed by atoms with E-state index in [4.69, 9.17) is 9.47 Å². The fourth-order valence-corrected chi connectivity index (χ4v) is 2.70. The van der Waals surface area contributed by atoms with Crippen LogP contribution in [0.2, 0.25) is 0 Å². The maximum absolute atomic E-state index is 12.3. The molecule has 25 heavy (non-hydrogen) atoms. The van der Waals surface area contributed by atoms with Crippen LogP contribution in [0.3, 0.4) is 0 Å². The van der Waals surface area contributed by atoms with Crippen LogP contribution < -0.4 is 5.32 Å². The summed E-state index contributed by atoms with van der Waals surface area (Å²) in [6, 6.07) is -0.189. The molecule has 1 fully saturated rings. The standard InChI is InChI=1S/C17H28N4O4/c1-6-11-9-18-14(19-11)15(22)20-12-7-8-21(10-13(12)24-5)16(23)25-17(2,3)4/h9,12-13H,6-8,10H2,1-5H3,(H,18,19)(H,20,22). The summed E-state index contributed by atoms with van der Waals surface area (Å²) in [6.07, 6.45) is 2.37. The lowest BCUT2D eigenvalue weighted by molar-refractivity contribution is -0.0172. The van der Waals surface area contributed by atoms with Gasteiger partial charge in [0.25, 0.3) is 5.91 Å². The van der Waals surface area contributed by atoms with Crippen molar-refractivity contribution in [3.8, 4) is 0 Å². The second-order valence-electron chi connectivity index (χ2n) is 7.18. The van der Waals surface area contributed by atoms with Gasteiger partial charge in [0.2, 0.25) is 0 Å². The molecule has 0 bridgehead atoms. The number of carbonyl (C=O) groups excluding carboxylic acids is 2. The second kappa shape index (κ2) is 7.86. The molecule has 140 valence electrons. The highest BCUT2D eigenvalue weighted by Crippen LogP contribution is 2.18. The first-order valence-electron chi connectivity index (χ1n) is 8.59. The highest BCUT2D eigenvalue weighted by atomic mass is 16.6. The summed E-state index contributed by atoms with van der Waals surface area (Å²) in [5.41, 5.74) is 0.370. The Morgan fingerprint density at radius 3 is 2.72 bits per heavy atom. The minimum Gasteiger partial charge on any atom is -0.444 e. The van der Waals surface area contributed by atoms with Gasteiger partial charge in [0.05, 0.1) is 18.7 Å². The number of imidazole rings is 1. The van der Waals surface area contributed by atoms with Crippen molar-refractivity contribution in [3.05, 3.63) is 17.7 Å². The van der Waals surface area contributed by atoms with E-state index in [0.29, 0.717) is 25.3 Å². The van der Waals surface area contributed by atoms with Crippen molar-refractivity contribution in [2.45, 2.75) is 58.3 Å². The lowest BCUT2D eigenvalue weighted by atomic mass is 10.0. The average Bonchev–Trinajstić information content (AvgIpc) is 3.02. The Bertz CT molecular complexity index is 608. The Labute approximate surface area is 148 Å². The molecule has 1 aliphatic rings. The van der Waals surface area contributed by atoms with Crippen LogP contribution in [0.1, 0.15) is 50.4 Å². The monoisotopic (exact) mass is 352 g/mol. The number of aromatic nitrogens is 2. The molecule has 0 radical (unpaired) electrons. The molecule has 2 N–H and O–H groups in total. The predicted molar refractivity (Wildman–Crippen MR) is 92.4 cm³/mol. The van der Waals surface area contributed by atoms with Gasteiger partial charge < -0.3 is 24.7 Å². The molecule has 8 heteroatoms. The van der Waals surface area contributed by atoms with Crippen molar-refractivity contribution in [1.82, 2.24) is 20.2 Å². The molecule has 2 amide bonds. The quantitative estimate of drug-likeness (QED) is 0.860. The molecular weight excluding hydrogens is 324 g/mol. The van der Waals surface area contributed by atoms with Crippen molar-refractivity contribution in [1.29, 1.82) is 0 Å². The van der Waals surface area contributed by atoms with Crippen LogP contribution in [-0.4, -0.2) is 64.8 Å². The summed E-state index contributed by atoms with van der Waals surface area (Å²) >= 11 is 0. The van der Waals surface area contributed by atoms with Crippen LogP contribution in [0.5, 0.6) is 0 Å². The van der Waals surface area contributed by atoms with E-state index < -0.39 is 5.60 Å². The Balaban J connectivity index is 1.95. The van der Waals surface area contributed by atoms with Gasteiger partial charge >= 0.3 is 6.09 Å². The van der Waals surface area contributed by atoms with Crippen molar-refractivity contribution in [2.24, 2.45) is 0 Å². The molecule has 1 aromatic rings. The minimum absolute atomic E-state index is 0.189. The Kier molecular flexibility index (Phi) is 6.05. The van der Waals surface area contributed by atoms with E-state index in [-0.39, 0.29) is 24.1 Å². The topological polar surface area (TPSA) is 96.6 Å². The zero-order valence-corrected chi connectivity index (χ0v) is 15.6. The van der Waals surface area contributed by atoms with Crippen LogP contribution in [0, 0.1) is 0 Å². The number of hydrogen-bond donors (Lipinski definition) is 2. The number of H-pyrrole nitrogens is 1. The van der Waals surface area contributed by atoms with Gasteiger partial charge in [0.1, 0.15) is 5.60 Å². The van der Waals surface area contributed by atoms with Gasteiger partial charge in [0, 0.05) is 25.5 Å². The summed E-state index contributed by atoms with van der Waals surface area (Å²) in [5.74, 6) is 0.0266. The zero-order chi connectivity index (χ0) is 18.6. The summed E-state index contributed by atoms with van der Waals surface area (Å²) in [6.45, 7) is 8.36. The number of aryl methyl sites for hydroxylation is 1. The molecule has 1 aliphatic heterocycles. The Hall–Kier alpha value is -2.09. The third kappa shape index (κ3) is 5.19. The summed E-state index contributed by atoms with van der Waals surface area (Å²) in [5, 5.41) is 2.94. The Morgan fingerprint density at radius 1 is 1.44 bits per heavy atom. The lowest BCUT2D eigenvalue weighted by Gasteiger charge is -2.38. The first-order chi connectivity index (χ1) is 11.7. The van der Waals surface area contributed by atoms with Crippen LogP contribution in [0.4, 0.5) is 4.79 Å². The number of nitrogens with zero attached hydrogens (tertiary/aromatic N) is 2.